The van der Waals surface area contributed by atoms with Crippen molar-refractivity contribution in [2.24, 2.45) is 5.41 Å². The lowest BCUT2D eigenvalue weighted by molar-refractivity contribution is -0.144. The number of halogens is 1. The number of Topliss-reactive ketones (excluding diaryl/α,β-unsaturated/α-hetero) is 1. The van der Waals surface area contributed by atoms with Crippen LogP contribution in [0.1, 0.15) is 118 Å². The molecule has 0 bridgehead atoms. The van der Waals surface area contributed by atoms with Gasteiger partial charge in [0, 0.05) is 17.2 Å². The second kappa shape index (κ2) is 20.9. The fourth-order valence-corrected chi connectivity index (χ4v) is 8.99. The Morgan fingerprint density at radius 2 is 1.24 bits per heavy atom. The molecule has 1 atom stereocenters. The van der Waals surface area contributed by atoms with Crippen LogP contribution < -0.4 is 14.8 Å². The van der Waals surface area contributed by atoms with E-state index in [0.29, 0.717) is 18.5 Å². The van der Waals surface area contributed by atoms with E-state index in [9.17, 15) is 31.5 Å². The van der Waals surface area contributed by atoms with Gasteiger partial charge in [-0.2, -0.15) is 0 Å². The summed E-state index contributed by atoms with van der Waals surface area (Å²) in [7, 11) is -8.41. The van der Waals surface area contributed by atoms with Crippen molar-refractivity contribution in [1.82, 2.24) is 0 Å². The highest BCUT2D eigenvalue weighted by molar-refractivity contribution is 7.93. The van der Waals surface area contributed by atoms with Gasteiger partial charge in [-0.1, -0.05) is 141 Å². The lowest BCUT2D eigenvalue weighted by Gasteiger charge is -2.31. The normalized spacial score (nSPS) is 13.2. The van der Waals surface area contributed by atoms with Crippen molar-refractivity contribution in [3.05, 3.63) is 72.8 Å². The first-order chi connectivity index (χ1) is 25.5. The number of phenolic OH excluding ortho intramolecular Hbond substituents is 1. The first kappa shape index (κ1) is 44.8. The van der Waals surface area contributed by atoms with E-state index in [0.717, 1.165) is 31.4 Å². The van der Waals surface area contributed by atoms with Gasteiger partial charge < -0.3 is 15.2 Å². The molecule has 3 rings (SSSR count). The molecule has 13 heteroatoms. The van der Waals surface area contributed by atoms with Crippen molar-refractivity contribution in [3.63, 3.8) is 0 Å². The number of aromatic hydroxyl groups is 1. The summed E-state index contributed by atoms with van der Waals surface area (Å²) in [4.78, 5) is 26.6. The molecular formula is C41H57ClN2O8S2. The largest absolute Gasteiger partial charge is 0.508 e. The molecule has 0 radical (unpaired) electrons. The second-order valence-corrected chi connectivity index (χ2v) is 19.1. The first-order valence-corrected chi connectivity index (χ1v) is 22.5. The van der Waals surface area contributed by atoms with Crippen LogP contribution in [-0.2, 0) is 29.4 Å². The van der Waals surface area contributed by atoms with Crippen molar-refractivity contribution < 1.29 is 36.3 Å². The minimum atomic E-state index is -4.34. The van der Waals surface area contributed by atoms with Crippen molar-refractivity contribution >= 4 is 54.5 Å². The molecule has 54 heavy (non-hydrogen) atoms. The molecule has 10 nitrogen and oxygen atoms in total. The number of amides is 1. The number of carbonyl (C=O) groups excluding carboxylic acids is 2. The Bertz CT molecular complexity index is 1860. The lowest BCUT2D eigenvalue weighted by atomic mass is 9.86. The predicted octanol–water partition coefficient (Wildman–Crippen LogP) is 10.0. The van der Waals surface area contributed by atoms with Crippen LogP contribution in [0, 0.1) is 5.41 Å². The van der Waals surface area contributed by atoms with E-state index in [1.54, 1.807) is 51.1 Å². The Balaban J connectivity index is 1.77. The average Bonchev–Trinajstić information content (AvgIpc) is 3.11. The summed E-state index contributed by atoms with van der Waals surface area (Å²) in [5, 5.41) is 9.70. The Hall–Kier alpha value is -3.61. The Kier molecular flexibility index (Phi) is 17.3. The highest BCUT2D eigenvalue weighted by Gasteiger charge is 2.51. The maximum absolute atomic E-state index is 13.8. The van der Waals surface area contributed by atoms with Crippen LogP contribution in [0.25, 0.3) is 0 Å². The minimum Gasteiger partial charge on any atom is -0.508 e. The third-order valence-corrected chi connectivity index (χ3v) is 12.6. The van der Waals surface area contributed by atoms with Gasteiger partial charge in [0.1, 0.15) is 11.5 Å². The molecule has 0 aromatic heterocycles. The van der Waals surface area contributed by atoms with Crippen molar-refractivity contribution in [1.29, 1.82) is 0 Å². The number of hydrogen-bond donors (Lipinski definition) is 3. The zero-order valence-electron chi connectivity index (χ0n) is 32.0. The Morgan fingerprint density at radius 3 is 1.76 bits per heavy atom. The molecule has 1 unspecified atom stereocenters. The molecule has 1 amide bonds. The molecule has 0 saturated heterocycles. The monoisotopic (exact) mass is 804 g/mol. The van der Waals surface area contributed by atoms with Crippen LogP contribution >= 0.6 is 11.6 Å². The van der Waals surface area contributed by atoms with E-state index in [1.807, 2.05) is 0 Å². The van der Waals surface area contributed by atoms with Crippen LogP contribution in [0.2, 0.25) is 0 Å². The smallest absolute Gasteiger partial charge is 0.320 e. The third-order valence-electron chi connectivity index (χ3n) is 8.98. The van der Waals surface area contributed by atoms with Gasteiger partial charge in [-0.25, -0.2) is 16.8 Å². The van der Waals surface area contributed by atoms with Crippen LogP contribution in [0.3, 0.4) is 0 Å². The number of sulfonamides is 1. The van der Waals surface area contributed by atoms with Gasteiger partial charge in [-0.15, -0.1) is 0 Å². The molecule has 0 heterocycles. The average molecular weight is 806 g/mol. The number of unbranched alkanes of at least 4 members (excludes halogenated alkanes) is 13. The molecule has 3 aromatic rings. The number of ketones is 1. The molecule has 0 aliphatic heterocycles. The Morgan fingerprint density at radius 1 is 0.722 bits per heavy atom. The van der Waals surface area contributed by atoms with Crippen LogP contribution in [-0.4, -0.2) is 44.4 Å². The number of sulfone groups is 1. The quantitative estimate of drug-likeness (QED) is 0.0459. The van der Waals surface area contributed by atoms with E-state index < -0.39 is 46.9 Å². The number of carbonyl (C=O) groups is 2. The summed E-state index contributed by atoms with van der Waals surface area (Å²) in [6.07, 6.45) is 15.5. The Labute approximate surface area is 327 Å². The van der Waals surface area contributed by atoms with Crippen LogP contribution in [0.15, 0.2) is 82.6 Å². The number of ether oxygens (including phenoxy) is 1. The van der Waals surface area contributed by atoms with Gasteiger partial charge in [0.25, 0.3) is 5.91 Å². The molecule has 0 aliphatic carbocycles. The predicted molar refractivity (Wildman–Crippen MR) is 216 cm³/mol. The maximum atomic E-state index is 13.8. The molecule has 3 N–H and O–H groups in total. The van der Waals surface area contributed by atoms with Crippen LogP contribution in [0.5, 0.6) is 11.5 Å². The number of phenols is 1. The summed E-state index contributed by atoms with van der Waals surface area (Å²) in [6.45, 7) is 6.92. The van der Waals surface area contributed by atoms with Gasteiger partial charge >= 0.3 is 5.06 Å². The summed E-state index contributed by atoms with van der Waals surface area (Å²) >= 11 is 6.74. The van der Waals surface area contributed by atoms with Crippen molar-refractivity contribution in [2.45, 2.75) is 132 Å². The molecule has 0 saturated carbocycles. The number of anilines is 2. The summed E-state index contributed by atoms with van der Waals surface area (Å²) in [6, 6.07) is 16.5. The molecule has 298 valence electrons. The third kappa shape index (κ3) is 13.9. The molecule has 3 aromatic carbocycles. The fraction of sp³-hybridized carbons (Fsp3) is 0.512. The number of rotatable bonds is 24. The highest BCUT2D eigenvalue weighted by atomic mass is 35.5. The summed E-state index contributed by atoms with van der Waals surface area (Å²) in [5.41, 5.74) is -1.16. The molecule has 0 aliphatic rings. The fourth-order valence-electron chi connectivity index (χ4n) is 5.92. The van der Waals surface area contributed by atoms with Crippen LogP contribution in [0.4, 0.5) is 11.4 Å². The van der Waals surface area contributed by atoms with Crippen molar-refractivity contribution in [2.75, 3.05) is 15.8 Å². The second-order valence-electron chi connectivity index (χ2n) is 14.8. The van der Waals surface area contributed by atoms with Gasteiger partial charge in [0.15, 0.2) is 0 Å². The SMILES string of the molecule is CCCCCCCCCCCCCCCCS(=O)(=O)Nc1cc(OC(Cl)(C(=O)Nc2ccccc2)C(=O)C(C)(C)C)ccc1S(=O)(=O)c1ccc(O)cc1. The zero-order chi connectivity index (χ0) is 39.8. The number of alkyl halides is 1. The summed E-state index contributed by atoms with van der Waals surface area (Å²) in [5.74, 6) is -2.41. The number of hydrogen-bond acceptors (Lipinski definition) is 8. The zero-order valence-corrected chi connectivity index (χ0v) is 34.4. The van der Waals surface area contributed by atoms with E-state index in [1.165, 1.54) is 88.1 Å². The topological polar surface area (TPSA) is 156 Å². The molecule has 0 fully saturated rings. The number of para-hydroxylation sites is 1. The molecule has 0 spiro atoms. The standard InChI is InChI=1S/C41H57ClN2O8S2/c1-5-6-7-8-9-10-11-12-13-14-15-16-17-21-30-53(48,49)44-36-31-34(26-29-37(36)54(50,51)35-27-24-33(45)25-28-35)52-41(42,38(46)40(2,3)4)39(47)43-32-22-19-18-20-23-32/h18-20,22-29,31,44-45H,5-17,21,30H2,1-4H3,(H,43,47). The van der Waals surface area contributed by atoms with Gasteiger partial charge in [0.05, 0.1) is 21.2 Å². The summed E-state index contributed by atoms with van der Waals surface area (Å²) < 4.78 is 62.7. The van der Waals surface area contributed by atoms with Gasteiger partial charge in [0.2, 0.25) is 25.6 Å². The first-order valence-electron chi connectivity index (χ1n) is 19.0. The highest BCUT2D eigenvalue weighted by Crippen LogP contribution is 2.37. The van der Waals surface area contributed by atoms with E-state index >= 15 is 0 Å². The minimum absolute atomic E-state index is 0.150. The number of benzene rings is 3. The van der Waals surface area contributed by atoms with E-state index in [4.69, 9.17) is 16.3 Å². The van der Waals surface area contributed by atoms with Gasteiger partial charge in [-0.05, 0) is 55.0 Å². The van der Waals surface area contributed by atoms with Crippen molar-refractivity contribution in [3.8, 4) is 11.5 Å². The van der Waals surface area contributed by atoms with E-state index in [-0.39, 0.29) is 27.8 Å². The number of nitrogens with one attached hydrogen (secondary N) is 2. The van der Waals surface area contributed by atoms with Gasteiger partial charge in [-0.3, -0.25) is 14.3 Å². The van der Waals surface area contributed by atoms with E-state index in [2.05, 4.69) is 17.0 Å². The maximum Gasteiger partial charge on any atom is 0.320 e. The molecular weight excluding hydrogens is 748 g/mol. The lowest BCUT2D eigenvalue weighted by Crippen LogP contribution is -2.54.